The van der Waals surface area contributed by atoms with E-state index in [1.165, 1.54) is 18.4 Å². The maximum atomic E-state index is 11.6. The van der Waals surface area contributed by atoms with E-state index < -0.39 is 10.0 Å². The van der Waals surface area contributed by atoms with Crippen LogP contribution < -0.4 is 4.72 Å². The number of aryl methyl sites for hydroxylation is 1. The summed E-state index contributed by atoms with van der Waals surface area (Å²) in [5, 5.41) is 0. The van der Waals surface area contributed by atoms with E-state index in [0.29, 0.717) is 0 Å². The summed E-state index contributed by atoms with van der Waals surface area (Å²) in [5.74, 6) is 0. The van der Waals surface area contributed by atoms with Gasteiger partial charge >= 0.3 is 0 Å². The lowest BCUT2D eigenvalue weighted by Crippen LogP contribution is -2.18. The molecule has 0 aliphatic rings. The Kier molecular flexibility index (Phi) is 3.77. The highest BCUT2D eigenvalue weighted by atomic mass is 35.5. The Hall–Kier alpha value is -0.880. The number of rotatable bonds is 3. The zero-order valence-electron chi connectivity index (χ0n) is 9.90. The lowest BCUT2D eigenvalue weighted by molar-refractivity contribution is 0.588. The molecule has 1 heterocycles. The second-order valence-corrected chi connectivity index (χ2v) is 7.52. The Labute approximate surface area is 115 Å². The first-order valence-corrected chi connectivity index (χ1v) is 7.92. The maximum absolute atomic E-state index is 11.6. The zero-order valence-corrected chi connectivity index (χ0v) is 12.3. The predicted octanol–water partition coefficient (Wildman–Crippen LogP) is 3.29. The van der Waals surface area contributed by atoms with Crippen LogP contribution in [0.4, 0.5) is 0 Å². The van der Waals surface area contributed by atoms with Crippen LogP contribution in [0.3, 0.4) is 0 Å². The van der Waals surface area contributed by atoms with Gasteiger partial charge in [0, 0.05) is 10.4 Å². The molecule has 3 nitrogen and oxygen atoms in total. The van der Waals surface area contributed by atoms with Crippen LogP contribution >= 0.6 is 22.9 Å². The minimum Gasteiger partial charge on any atom is -0.214 e. The van der Waals surface area contributed by atoms with Crippen molar-refractivity contribution in [3.8, 4) is 11.1 Å². The lowest BCUT2D eigenvalue weighted by atomic mass is 10.1. The van der Waals surface area contributed by atoms with Gasteiger partial charge < -0.3 is 0 Å². The lowest BCUT2D eigenvalue weighted by Gasteiger charge is -2.04. The molecule has 96 valence electrons. The molecule has 0 atom stereocenters. The van der Waals surface area contributed by atoms with Crippen LogP contribution in [0.15, 0.2) is 35.2 Å². The van der Waals surface area contributed by atoms with Crippen molar-refractivity contribution in [1.29, 1.82) is 0 Å². The molecule has 0 spiro atoms. The first-order valence-electron chi connectivity index (χ1n) is 5.24. The molecule has 0 fully saturated rings. The molecule has 0 unspecified atom stereocenters. The van der Waals surface area contributed by atoms with Gasteiger partial charge in [-0.05, 0) is 37.7 Å². The van der Waals surface area contributed by atoms with Gasteiger partial charge in [0.15, 0.2) is 0 Å². The second kappa shape index (κ2) is 5.01. The molecule has 1 aromatic heterocycles. The van der Waals surface area contributed by atoms with E-state index in [-0.39, 0.29) is 4.90 Å². The van der Waals surface area contributed by atoms with Crippen molar-refractivity contribution in [2.45, 2.75) is 11.8 Å². The van der Waals surface area contributed by atoms with Crippen LogP contribution in [0.25, 0.3) is 11.1 Å². The predicted molar refractivity (Wildman–Crippen MR) is 75.7 cm³/mol. The van der Waals surface area contributed by atoms with Gasteiger partial charge in [0.1, 0.15) is 4.34 Å². The summed E-state index contributed by atoms with van der Waals surface area (Å²) in [5.41, 5.74) is 1.85. The van der Waals surface area contributed by atoms with Crippen molar-refractivity contribution < 1.29 is 8.42 Å². The van der Waals surface area contributed by atoms with Crippen LogP contribution in [0.1, 0.15) is 4.88 Å². The summed E-state index contributed by atoms with van der Waals surface area (Å²) < 4.78 is 26.2. The second-order valence-electron chi connectivity index (χ2n) is 3.78. The molecule has 0 amide bonds. The number of sulfonamides is 1. The van der Waals surface area contributed by atoms with E-state index in [4.69, 9.17) is 11.6 Å². The van der Waals surface area contributed by atoms with Crippen molar-refractivity contribution in [3.63, 3.8) is 0 Å². The molecule has 18 heavy (non-hydrogen) atoms. The van der Waals surface area contributed by atoms with Crippen LogP contribution in [0.5, 0.6) is 0 Å². The molecule has 0 radical (unpaired) electrons. The normalized spacial score (nSPS) is 11.7. The Bertz CT molecular complexity index is 660. The van der Waals surface area contributed by atoms with Crippen LogP contribution in [-0.2, 0) is 10.0 Å². The Balaban J connectivity index is 2.42. The Morgan fingerprint density at radius 1 is 1.22 bits per heavy atom. The standard InChI is InChI=1S/C12H12ClNO2S2/c1-8-7-11(12(13)17-8)9-3-5-10(6-4-9)18(15,16)14-2/h3-7,14H,1-2H3. The molecule has 1 N–H and O–H groups in total. The van der Waals surface area contributed by atoms with Crippen LogP contribution in [-0.4, -0.2) is 15.5 Å². The van der Waals surface area contributed by atoms with E-state index in [1.807, 2.05) is 13.0 Å². The molecule has 0 aliphatic heterocycles. The van der Waals surface area contributed by atoms with Gasteiger partial charge in [-0.2, -0.15) is 0 Å². The minimum atomic E-state index is -3.38. The van der Waals surface area contributed by atoms with E-state index in [9.17, 15) is 8.42 Å². The first kappa shape index (κ1) is 13.5. The summed E-state index contributed by atoms with van der Waals surface area (Å²) in [7, 11) is -1.99. The number of halogens is 1. The molecule has 1 aromatic carbocycles. The highest BCUT2D eigenvalue weighted by Crippen LogP contribution is 2.35. The fraction of sp³-hybridized carbons (Fsp3) is 0.167. The van der Waals surface area contributed by atoms with E-state index >= 15 is 0 Å². The summed E-state index contributed by atoms with van der Waals surface area (Å²) in [6.45, 7) is 1.99. The van der Waals surface area contributed by atoms with Gasteiger partial charge in [0.2, 0.25) is 10.0 Å². The number of hydrogen-bond donors (Lipinski definition) is 1. The average molecular weight is 302 g/mol. The Morgan fingerprint density at radius 3 is 2.28 bits per heavy atom. The van der Waals surface area contributed by atoms with Gasteiger partial charge in [-0.3, -0.25) is 0 Å². The summed E-state index contributed by atoms with van der Waals surface area (Å²) in [6.07, 6.45) is 0. The largest absolute Gasteiger partial charge is 0.240 e. The third-order valence-electron chi connectivity index (χ3n) is 2.55. The van der Waals surface area contributed by atoms with Crippen molar-refractivity contribution >= 4 is 33.0 Å². The summed E-state index contributed by atoms with van der Waals surface area (Å²) in [4.78, 5) is 1.37. The highest BCUT2D eigenvalue weighted by Gasteiger charge is 2.12. The first-order chi connectivity index (χ1) is 8.44. The van der Waals surface area contributed by atoms with Crippen molar-refractivity contribution in [2.24, 2.45) is 0 Å². The molecule has 0 saturated carbocycles. The number of nitrogens with one attached hydrogen (secondary N) is 1. The van der Waals surface area contributed by atoms with E-state index in [0.717, 1.165) is 20.3 Å². The third-order valence-corrected chi connectivity index (χ3v) is 5.26. The van der Waals surface area contributed by atoms with E-state index in [2.05, 4.69) is 4.72 Å². The molecule has 6 heteroatoms. The van der Waals surface area contributed by atoms with Gasteiger partial charge in [-0.15, -0.1) is 11.3 Å². The van der Waals surface area contributed by atoms with Crippen LogP contribution in [0.2, 0.25) is 4.34 Å². The summed E-state index contributed by atoms with van der Waals surface area (Å²) in [6, 6.07) is 8.67. The average Bonchev–Trinajstić information content (AvgIpc) is 2.69. The highest BCUT2D eigenvalue weighted by molar-refractivity contribution is 7.89. The molecular formula is C12H12ClNO2S2. The fourth-order valence-corrected chi connectivity index (χ4v) is 3.62. The van der Waals surface area contributed by atoms with Gasteiger partial charge in [0.05, 0.1) is 4.90 Å². The van der Waals surface area contributed by atoms with Crippen molar-refractivity contribution in [1.82, 2.24) is 4.72 Å². The SMILES string of the molecule is CNS(=O)(=O)c1ccc(-c2cc(C)sc2Cl)cc1. The Morgan fingerprint density at radius 2 is 1.83 bits per heavy atom. The smallest absolute Gasteiger partial charge is 0.214 e. The molecule has 0 aliphatic carbocycles. The molecule has 2 aromatic rings. The van der Waals surface area contributed by atoms with E-state index in [1.54, 1.807) is 24.3 Å². The van der Waals surface area contributed by atoms with Crippen LogP contribution in [0, 0.1) is 6.92 Å². The van der Waals surface area contributed by atoms with Gasteiger partial charge in [0.25, 0.3) is 0 Å². The van der Waals surface area contributed by atoms with Crippen molar-refractivity contribution in [2.75, 3.05) is 7.05 Å². The fourth-order valence-electron chi connectivity index (χ4n) is 1.61. The topological polar surface area (TPSA) is 46.2 Å². The maximum Gasteiger partial charge on any atom is 0.240 e. The molecular weight excluding hydrogens is 290 g/mol. The number of thiophene rings is 1. The number of benzene rings is 1. The molecule has 0 bridgehead atoms. The van der Waals surface area contributed by atoms with Gasteiger partial charge in [-0.1, -0.05) is 23.7 Å². The van der Waals surface area contributed by atoms with Gasteiger partial charge in [-0.25, -0.2) is 13.1 Å². The number of hydrogen-bond acceptors (Lipinski definition) is 3. The quantitative estimate of drug-likeness (QED) is 0.945. The molecule has 2 rings (SSSR count). The monoisotopic (exact) mass is 301 g/mol. The third kappa shape index (κ3) is 2.59. The molecule has 0 saturated heterocycles. The van der Waals surface area contributed by atoms with Crippen molar-refractivity contribution in [3.05, 3.63) is 39.5 Å². The minimum absolute atomic E-state index is 0.247. The zero-order chi connectivity index (χ0) is 13.3. The summed E-state index contributed by atoms with van der Waals surface area (Å²) >= 11 is 7.64.